The van der Waals surface area contributed by atoms with Crippen molar-refractivity contribution in [1.82, 2.24) is 0 Å². The van der Waals surface area contributed by atoms with Gasteiger partial charge in [0.1, 0.15) is 7.28 Å². The topological polar surface area (TPSA) is 0 Å². The summed E-state index contributed by atoms with van der Waals surface area (Å²) >= 11 is 0. The molecule has 3 fully saturated rings. The molecule has 1 radical (unpaired) electrons. The maximum absolute atomic E-state index is 2.67. The van der Waals surface area contributed by atoms with Crippen LogP contribution < -0.4 is 0 Å². The first kappa shape index (κ1) is 8.38. The van der Waals surface area contributed by atoms with E-state index in [1.54, 1.807) is 25.7 Å². The van der Waals surface area contributed by atoms with Crippen LogP contribution in [0.2, 0.25) is 12.1 Å². The lowest BCUT2D eigenvalue weighted by Gasteiger charge is -2.49. The predicted molar refractivity (Wildman–Crippen MR) is 57.1 cm³/mol. The van der Waals surface area contributed by atoms with Gasteiger partial charge in [0, 0.05) is 0 Å². The zero-order chi connectivity index (χ0) is 8.67. The molecule has 71 valence electrons. The van der Waals surface area contributed by atoms with Crippen molar-refractivity contribution < 1.29 is 0 Å². The Hall–Kier alpha value is 0.0649. The summed E-state index contributed by atoms with van der Waals surface area (Å²) in [7, 11) is 2.67. The fourth-order valence-corrected chi connectivity index (χ4v) is 4.39. The van der Waals surface area contributed by atoms with Gasteiger partial charge in [0.15, 0.2) is 0 Å². The van der Waals surface area contributed by atoms with Crippen LogP contribution >= 0.6 is 0 Å². The van der Waals surface area contributed by atoms with Gasteiger partial charge in [-0.3, -0.25) is 0 Å². The SMILES string of the molecule is [B]1CCC2CCCC3CCCC1C23. The van der Waals surface area contributed by atoms with Crippen LogP contribution in [0.25, 0.3) is 0 Å². The van der Waals surface area contributed by atoms with Crippen LogP contribution in [0.15, 0.2) is 0 Å². The first-order valence-corrected chi connectivity index (χ1v) is 6.28. The molecule has 3 rings (SSSR count). The summed E-state index contributed by atoms with van der Waals surface area (Å²) in [4.78, 5) is 0. The van der Waals surface area contributed by atoms with Gasteiger partial charge in [-0.2, -0.15) is 0 Å². The molecule has 0 spiro atoms. The van der Waals surface area contributed by atoms with Crippen LogP contribution in [0.3, 0.4) is 0 Å². The van der Waals surface area contributed by atoms with E-state index in [4.69, 9.17) is 0 Å². The number of hydrogen-bond acceptors (Lipinski definition) is 0. The lowest BCUT2D eigenvalue weighted by atomic mass is 9.42. The van der Waals surface area contributed by atoms with Gasteiger partial charge >= 0.3 is 0 Å². The van der Waals surface area contributed by atoms with Crippen molar-refractivity contribution in [2.24, 2.45) is 17.8 Å². The molecule has 13 heavy (non-hydrogen) atoms. The Kier molecular flexibility index (Phi) is 2.15. The van der Waals surface area contributed by atoms with Crippen LogP contribution in [0.5, 0.6) is 0 Å². The van der Waals surface area contributed by atoms with E-state index in [0.717, 1.165) is 23.6 Å². The Bertz CT molecular complexity index is 144. The van der Waals surface area contributed by atoms with Crippen molar-refractivity contribution in [1.29, 1.82) is 0 Å². The Morgan fingerprint density at radius 1 is 0.769 bits per heavy atom. The fraction of sp³-hybridized carbons (Fsp3) is 1.00. The lowest BCUT2D eigenvalue weighted by molar-refractivity contribution is 0.0930. The van der Waals surface area contributed by atoms with Gasteiger partial charge in [-0.05, 0) is 17.8 Å². The van der Waals surface area contributed by atoms with E-state index in [-0.39, 0.29) is 0 Å². The molecule has 3 aliphatic rings. The van der Waals surface area contributed by atoms with Crippen molar-refractivity contribution in [3.63, 3.8) is 0 Å². The second kappa shape index (κ2) is 3.33. The quantitative estimate of drug-likeness (QED) is 0.494. The van der Waals surface area contributed by atoms with Gasteiger partial charge in [0.05, 0.1) is 0 Å². The Morgan fingerprint density at radius 3 is 2.31 bits per heavy atom. The normalized spacial score (nSPS) is 49.2. The largest absolute Gasteiger partial charge is 0.114 e. The summed E-state index contributed by atoms with van der Waals surface area (Å²) in [6, 6.07) is 0. The van der Waals surface area contributed by atoms with Gasteiger partial charge in [-0.1, -0.05) is 57.1 Å². The highest BCUT2D eigenvalue weighted by Gasteiger charge is 2.42. The molecule has 0 amide bonds. The molecule has 4 atom stereocenters. The summed E-state index contributed by atoms with van der Waals surface area (Å²) in [5, 5.41) is 0. The summed E-state index contributed by atoms with van der Waals surface area (Å²) in [5.41, 5.74) is 0. The lowest BCUT2D eigenvalue weighted by Crippen LogP contribution is -2.39. The molecule has 0 aromatic rings. The molecule has 1 aliphatic heterocycles. The minimum absolute atomic E-state index is 1.04. The second-order valence-corrected chi connectivity index (χ2v) is 5.44. The first-order chi connectivity index (χ1) is 6.45. The second-order valence-electron chi connectivity index (χ2n) is 5.44. The zero-order valence-corrected chi connectivity index (χ0v) is 8.54. The minimum Gasteiger partial charge on any atom is -0.0797 e. The fourth-order valence-electron chi connectivity index (χ4n) is 4.39. The highest BCUT2D eigenvalue weighted by Crippen LogP contribution is 2.53. The summed E-state index contributed by atoms with van der Waals surface area (Å²) in [6.07, 6.45) is 12.2. The molecule has 0 bridgehead atoms. The molecule has 1 heteroatoms. The maximum atomic E-state index is 2.67. The molecule has 0 nitrogen and oxygen atoms in total. The molecule has 1 saturated heterocycles. The van der Waals surface area contributed by atoms with Gasteiger partial charge in [0.25, 0.3) is 0 Å². The minimum atomic E-state index is 1.04. The van der Waals surface area contributed by atoms with Gasteiger partial charge in [-0.15, -0.1) is 0 Å². The molecule has 1 heterocycles. The van der Waals surface area contributed by atoms with Crippen LogP contribution in [0, 0.1) is 17.8 Å². The van der Waals surface area contributed by atoms with Crippen LogP contribution in [-0.2, 0) is 0 Å². The molecule has 0 aromatic carbocycles. The standard InChI is InChI=1S/C12H20B/c1-3-9-5-2-6-11-12(9)10(4-1)7-8-13-11/h9-12H,1-8H2. The monoisotopic (exact) mass is 175 g/mol. The van der Waals surface area contributed by atoms with Crippen molar-refractivity contribution in [2.75, 3.05) is 0 Å². The molecular weight excluding hydrogens is 155 g/mol. The number of hydrogen-bond donors (Lipinski definition) is 0. The maximum Gasteiger partial charge on any atom is 0.114 e. The molecule has 2 aliphatic carbocycles. The van der Waals surface area contributed by atoms with E-state index >= 15 is 0 Å². The van der Waals surface area contributed by atoms with Gasteiger partial charge < -0.3 is 0 Å². The summed E-state index contributed by atoms with van der Waals surface area (Å²) < 4.78 is 0. The molecule has 4 unspecified atom stereocenters. The highest BCUT2D eigenvalue weighted by atomic mass is 14.4. The van der Waals surface area contributed by atoms with E-state index in [2.05, 4.69) is 7.28 Å². The van der Waals surface area contributed by atoms with Crippen LogP contribution in [0.4, 0.5) is 0 Å². The third-order valence-corrected chi connectivity index (χ3v) is 4.85. The van der Waals surface area contributed by atoms with E-state index < -0.39 is 0 Å². The molecular formula is C12H20B. The Labute approximate surface area is 82.7 Å². The van der Waals surface area contributed by atoms with E-state index in [9.17, 15) is 0 Å². The van der Waals surface area contributed by atoms with Crippen molar-refractivity contribution >= 4 is 7.28 Å². The molecule has 0 aromatic heterocycles. The molecule has 0 N–H and O–H groups in total. The summed E-state index contributed by atoms with van der Waals surface area (Å²) in [5.74, 6) is 4.44. The van der Waals surface area contributed by atoms with Crippen molar-refractivity contribution in [2.45, 2.75) is 57.1 Å². The third kappa shape index (κ3) is 1.35. The number of rotatable bonds is 0. The Morgan fingerprint density at radius 2 is 1.46 bits per heavy atom. The van der Waals surface area contributed by atoms with Gasteiger partial charge in [-0.25, -0.2) is 0 Å². The third-order valence-electron chi connectivity index (χ3n) is 4.85. The van der Waals surface area contributed by atoms with Crippen LogP contribution in [0.1, 0.15) is 44.9 Å². The van der Waals surface area contributed by atoms with E-state index in [0.29, 0.717) is 0 Å². The summed E-state index contributed by atoms with van der Waals surface area (Å²) in [6.45, 7) is 0. The smallest absolute Gasteiger partial charge is 0.0797 e. The Balaban J connectivity index is 1.82. The highest BCUT2D eigenvalue weighted by molar-refractivity contribution is 6.38. The van der Waals surface area contributed by atoms with E-state index in [1.807, 2.05) is 0 Å². The van der Waals surface area contributed by atoms with Crippen molar-refractivity contribution in [3.05, 3.63) is 0 Å². The molecule has 2 saturated carbocycles. The first-order valence-electron chi connectivity index (χ1n) is 6.28. The van der Waals surface area contributed by atoms with Gasteiger partial charge in [0.2, 0.25) is 0 Å². The predicted octanol–water partition coefficient (Wildman–Crippen LogP) is 3.52. The van der Waals surface area contributed by atoms with E-state index in [1.165, 1.54) is 25.6 Å². The average Bonchev–Trinajstić information content (AvgIpc) is 2.19. The van der Waals surface area contributed by atoms with Crippen molar-refractivity contribution in [3.8, 4) is 0 Å². The average molecular weight is 175 g/mol. The zero-order valence-electron chi connectivity index (χ0n) is 8.54. The van der Waals surface area contributed by atoms with Crippen LogP contribution in [-0.4, -0.2) is 7.28 Å².